The summed E-state index contributed by atoms with van der Waals surface area (Å²) in [5, 5.41) is 0.792. The second-order valence-corrected chi connectivity index (χ2v) is 6.39. The average Bonchev–Trinajstić information content (AvgIpc) is 2.85. The molecule has 0 aliphatic heterocycles. The number of hydrogen-bond donors (Lipinski definition) is 0. The number of nitrogens with zero attached hydrogens (tertiary/aromatic N) is 1. The number of benzene rings is 1. The van der Waals surface area contributed by atoms with Crippen LogP contribution in [-0.2, 0) is 9.47 Å². The molecule has 23 heavy (non-hydrogen) atoms. The molecular formula is C18H23NO4. The fourth-order valence-corrected chi connectivity index (χ4v) is 2.20. The highest BCUT2D eigenvalue weighted by Crippen LogP contribution is 2.22. The Kier molecular flexibility index (Phi) is 5.08. The third-order valence-corrected chi connectivity index (χ3v) is 3.22. The number of rotatable bonds is 4. The summed E-state index contributed by atoms with van der Waals surface area (Å²) in [6.07, 6.45) is 1.16. The summed E-state index contributed by atoms with van der Waals surface area (Å²) in [7, 11) is 0. The lowest BCUT2D eigenvalue weighted by Gasteiger charge is -2.19. The Morgan fingerprint density at radius 1 is 1.17 bits per heavy atom. The molecule has 0 aliphatic carbocycles. The van der Waals surface area contributed by atoms with Crippen LogP contribution in [0, 0.1) is 0 Å². The molecule has 0 spiro atoms. The van der Waals surface area contributed by atoms with Gasteiger partial charge in [-0.05, 0) is 39.3 Å². The zero-order valence-corrected chi connectivity index (χ0v) is 14.1. The number of ether oxygens (including phenoxy) is 2. The first kappa shape index (κ1) is 17.1. The lowest BCUT2D eigenvalue weighted by atomic mass is 10.2. The van der Waals surface area contributed by atoms with Gasteiger partial charge in [0.25, 0.3) is 0 Å². The van der Waals surface area contributed by atoms with Crippen LogP contribution in [0.15, 0.2) is 30.3 Å². The molecule has 0 unspecified atom stereocenters. The quantitative estimate of drug-likeness (QED) is 0.620. The van der Waals surface area contributed by atoms with E-state index in [1.54, 1.807) is 32.9 Å². The molecule has 5 heteroatoms. The van der Waals surface area contributed by atoms with Crippen molar-refractivity contribution in [2.24, 2.45) is 0 Å². The normalized spacial score (nSPS) is 11.5. The highest BCUT2D eigenvalue weighted by molar-refractivity contribution is 6.01. The first-order valence-electron chi connectivity index (χ1n) is 7.84. The molecule has 0 fully saturated rings. The van der Waals surface area contributed by atoms with Crippen LogP contribution in [0.1, 0.15) is 51.0 Å². The van der Waals surface area contributed by atoms with Crippen molar-refractivity contribution in [2.45, 2.75) is 46.1 Å². The van der Waals surface area contributed by atoms with Crippen molar-refractivity contribution in [2.75, 3.05) is 6.61 Å². The van der Waals surface area contributed by atoms with Crippen LogP contribution in [0.2, 0.25) is 0 Å². The minimum absolute atomic E-state index is 0.183. The number of carbonyl (C=O) groups excluding carboxylic acids is 2. The Morgan fingerprint density at radius 2 is 1.87 bits per heavy atom. The van der Waals surface area contributed by atoms with Crippen LogP contribution in [0.25, 0.3) is 10.9 Å². The molecule has 0 saturated carbocycles. The maximum absolute atomic E-state index is 12.4. The zero-order valence-electron chi connectivity index (χ0n) is 14.1. The highest BCUT2D eigenvalue weighted by Gasteiger charge is 2.25. The van der Waals surface area contributed by atoms with E-state index in [1.165, 1.54) is 4.57 Å². The topological polar surface area (TPSA) is 57.5 Å². The van der Waals surface area contributed by atoms with E-state index in [4.69, 9.17) is 9.47 Å². The van der Waals surface area contributed by atoms with Crippen molar-refractivity contribution >= 4 is 23.0 Å². The van der Waals surface area contributed by atoms with Gasteiger partial charge in [0.2, 0.25) is 0 Å². The van der Waals surface area contributed by atoms with Gasteiger partial charge in [-0.15, -0.1) is 0 Å². The van der Waals surface area contributed by atoms with Crippen LogP contribution in [0.5, 0.6) is 0 Å². The highest BCUT2D eigenvalue weighted by atomic mass is 16.6. The lowest BCUT2D eigenvalue weighted by Crippen LogP contribution is -2.27. The molecule has 0 radical (unpaired) electrons. The first-order chi connectivity index (χ1) is 10.8. The molecule has 0 bridgehead atoms. The van der Waals surface area contributed by atoms with Gasteiger partial charge >= 0.3 is 12.1 Å². The maximum atomic E-state index is 12.4. The molecule has 5 nitrogen and oxygen atoms in total. The summed E-state index contributed by atoms with van der Waals surface area (Å²) >= 11 is 0. The van der Waals surface area contributed by atoms with E-state index in [0.717, 1.165) is 18.2 Å². The smallest absolute Gasteiger partial charge is 0.419 e. The number of carbonyl (C=O) groups is 2. The van der Waals surface area contributed by atoms with E-state index in [2.05, 4.69) is 0 Å². The van der Waals surface area contributed by atoms with Crippen molar-refractivity contribution in [3.8, 4) is 0 Å². The molecule has 1 aromatic carbocycles. The summed E-state index contributed by atoms with van der Waals surface area (Å²) in [5.41, 5.74) is 0.183. The number of hydrogen-bond acceptors (Lipinski definition) is 4. The van der Waals surface area contributed by atoms with Crippen molar-refractivity contribution in [3.05, 3.63) is 36.0 Å². The zero-order chi connectivity index (χ0) is 17.0. The summed E-state index contributed by atoms with van der Waals surface area (Å²) < 4.78 is 12.0. The molecule has 0 N–H and O–H groups in total. The minimum atomic E-state index is -0.634. The van der Waals surface area contributed by atoms with Crippen molar-refractivity contribution in [3.63, 3.8) is 0 Å². The molecular weight excluding hydrogens is 294 g/mol. The van der Waals surface area contributed by atoms with E-state index in [9.17, 15) is 9.59 Å². The molecule has 0 aliphatic rings. The third-order valence-electron chi connectivity index (χ3n) is 3.22. The van der Waals surface area contributed by atoms with Crippen LogP contribution in [0.4, 0.5) is 4.79 Å². The average molecular weight is 317 g/mol. The van der Waals surface area contributed by atoms with E-state index in [0.29, 0.717) is 12.1 Å². The number of unbranched alkanes of at least 4 members (excludes halogenated alkanes) is 1. The van der Waals surface area contributed by atoms with Crippen molar-refractivity contribution < 1.29 is 19.1 Å². The number of para-hydroxylation sites is 1. The van der Waals surface area contributed by atoms with Gasteiger partial charge < -0.3 is 9.47 Å². The minimum Gasteiger partial charge on any atom is -0.455 e. The number of esters is 1. The molecule has 1 aromatic heterocycles. The van der Waals surface area contributed by atoms with Crippen LogP contribution >= 0.6 is 0 Å². The van der Waals surface area contributed by atoms with Gasteiger partial charge in [0.1, 0.15) is 11.3 Å². The Balaban J connectivity index is 2.41. The largest absolute Gasteiger partial charge is 0.455 e. The Bertz CT molecular complexity index is 709. The van der Waals surface area contributed by atoms with Crippen molar-refractivity contribution in [1.82, 2.24) is 4.57 Å². The second kappa shape index (κ2) is 6.86. The fraction of sp³-hybridized carbons (Fsp3) is 0.444. The molecule has 1 heterocycles. The molecule has 0 atom stereocenters. The number of aromatic nitrogens is 1. The van der Waals surface area contributed by atoms with Gasteiger partial charge in [0, 0.05) is 5.39 Å². The first-order valence-corrected chi connectivity index (χ1v) is 7.84. The van der Waals surface area contributed by atoms with Gasteiger partial charge in [-0.25, -0.2) is 14.2 Å². The monoisotopic (exact) mass is 317 g/mol. The van der Waals surface area contributed by atoms with E-state index in [1.807, 2.05) is 25.1 Å². The summed E-state index contributed by atoms with van der Waals surface area (Å²) in [4.78, 5) is 24.9. The van der Waals surface area contributed by atoms with Gasteiger partial charge in [-0.3, -0.25) is 0 Å². The predicted molar refractivity (Wildman–Crippen MR) is 88.8 cm³/mol. The fourth-order valence-electron chi connectivity index (χ4n) is 2.20. The molecule has 0 amide bonds. The van der Waals surface area contributed by atoms with Gasteiger partial charge in [0.15, 0.2) is 0 Å². The van der Waals surface area contributed by atoms with E-state index < -0.39 is 17.7 Å². The standard InChI is InChI=1S/C18H23NO4/c1-5-6-11-22-17(21)19-14-10-8-7-9-13(14)12-15(19)16(20)23-18(2,3)4/h7-10,12H,5-6,11H2,1-4H3. The van der Waals surface area contributed by atoms with Crippen LogP contribution < -0.4 is 0 Å². The summed E-state index contributed by atoms with van der Waals surface area (Å²) in [6, 6.07) is 8.96. The van der Waals surface area contributed by atoms with Gasteiger partial charge in [-0.2, -0.15) is 0 Å². The SMILES string of the molecule is CCCCOC(=O)n1c(C(=O)OC(C)(C)C)cc2ccccc21. The Morgan fingerprint density at radius 3 is 2.52 bits per heavy atom. The van der Waals surface area contributed by atoms with Gasteiger partial charge in [0.05, 0.1) is 12.1 Å². The van der Waals surface area contributed by atoms with E-state index >= 15 is 0 Å². The Labute approximate surface area is 136 Å². The molecule has 2 aromatic rings. The second-order valence-electron chi connectivity index (χ2n) is 6.39. The third kappa shape index (κ3) is 4.12. The van der Waals surface area contributed by atoms with Crippen LogP contribution in [0.3, 0.4) is 0 Å². The maximum Gasteiger partial charge on any atom is 0.419 e. The number of fused-ring (bicyclic) bond motifs is 1. The summed E-state index contributed by atoms with van der Waals surface area (Å²) in [6.45, 7) is 7.72. The van der Waals surface area contributed by atoms with E-state index in [-0.39, 0.29) is 5.69 Å². The summed E-state index contributed by atoms with van der Waals surface area (Å²) in [5.74, 6) is -0.541. The lowest BCUT2D eigenvalue weighted by molar-refractivity contribution is 0.00574. The molecule has 124 valence electrons. The molecule has 2 rings (SSSR count). The van der Waals surface area contributed by atoms with Crippen LogP contribution in [-0.4, -0.2) is 28.8 Å². The predicted octanol–water partition coefficient (Wildman–Crippen LogP) is 4.38. The van der Waals surface area contributed by atoms with Gasteiger partial charge in [-0.1, -0.05) is 31.5 Å². The molecule has 0 saturated heterocycles. The Hall–Kier alpha value is -2.30. The van der Waals surface area contributed by atoms with Crippen molar-refractivity contribution in [1.29, 1.82) is 0 Å².